The van der Waals surface area contributed by atoms with Crippen LogP contribution in [-0.2, 0) is 20.3 Å². The summed E-state index contributed by atoms with van der Waals surface area (Å²) in [5.74, 6) is 1.79. The number of ether oxygens (including phenoxy) is 2. The zero-order valence-electron chi connectivity index (χ0n) is 16.0. The minimum atomic E-state index is -0.0801. The van der Waals surface area contributed by atoms with Gasteiger partial charge in [0.1, 0.15) is 11.5 Å². The Morgan fingerprint density at radius 3 is 1.96 bits per heavy atom. The fourth-order valence-corrected chi connectivity index (χ4v) is 2.47. The molecule has 2 aromatic heterocycles. The predicted octanol–water partition coefficient (Wildman–Crippen LogP) is 4.04. The highest BCUT2D eigenvalue weighted by atomic mass is 16.5. The smallest absolute Gasteiger partial charge is 0.142 e. The zero-order valence-corrected chi connectivity index (χ0v) is 16.0. The third-order valence-electron chi connectivity index (χ3n) is 4.51. The molecule has 6 nitrogen and oxygen atoms in total. The Balaban J connectivity index is 1.55. The summed E-state index contributed by atoms with van der Waals surface area (Å²) in [5, 5.41) is 7.72. The molecule has 25 heavy (non-hydrogen) atoms. The molecule has 6 heteroatoms. The number of aromatic nitrogens is 2. The van der Waals surface area contributed by atoms with Gasteiger partial charge in [0.15, 0.2) is 0 Å². The van der Waals surface area contributed by atoms with Crippen LogP contribution in [0.2, 0.25) is 0 Å². The van der Waals surface area contributed by atoms with E-state index in [9.17, 15) is 0 Å². The highest BCUT2D eigenvalue weighted by Crippen LogP contribution is 2.28. The first-order valence-electron chi connectivity index (χ1n) is 8.82. The number of hydrogen-bond acceptors (Lipinski definition) is 6. The predicted molar refractivity (Wildman–Crippen MR) is 94.7 cm³/mol. The van der Waals surface area contributed by atoms with Gasteiger partial charge in [-0.05, 0) is 19.8 Å². The summed E-state index contributed by atoms with van der Waals surface area (Å²) < 4.78 is 22.0. The first-order valence-corrected chi connectivity index (χ1v) is 8.82. The third-order valence-corrected chi connectivity index (χ3v) is 4.51. The number of hydrogen-bond donors (Lipinski definition) is 0. The average Bonchev–Trinajstić information content (AvgIpc) is 3.21. The van der Waals surface area contributed by atoms with Gasteiger partial charge in [-0.2, -0.15) is 0 Å². The molecule has 2 aromatic rings. The first kappa shape index (κ1) is 19.7. The summed E-state index contributed by atoms with van der Waals surface area (Å²) >= 11 is 0. The molecular weight excluding hydrogens is 320 g/mol. The lowest BCUT2D eigenvalue weighted by atomic mass is 9.87. The second-order valence-electron chi connectivity index (χ2n) is 7.70. The first-order chi connectivity index (χ1) is 11.8. The lowest BCUT2D eigenvalue weighted by Crippen LogP contribution is -2.21. The molecule has 0 spiro atoms. The van der Waals surface area contributed by atoms with E-state index >= 15 is 0 Å². The molecule has 2 rings (SSSR count). The Labute approximate surface area is 149 Å². The van der Waals surface area contributed by atoms with E-state index in [0.29, 0.717) is 26.4 Å². The van der Waals surface area contributed by atoms with E-state index in [1.54, 1.807) is 6.20 Å². The molecule has 0 aliphatic heterocycles. The van der Waals surface area contributed by atoms with Crippen molar-refractivity contribution in [3.63, 3.8) is 0 Å². The normalized spacial score (nSPS) is 12.7. The van der Waals surface area contributed by atoms with Crippen LogP contribution in [0.25, 0.3) is 0 Å². The quantitative estimate of drug-likeness (QED) is 0.570. The maximum absolute atomic E-state index is 5.69. The summed E-state index contributed by atoms with van der Waals surface area (Å²) in [6.07, 6.45) is 3.42. The number of nitrogens with zero attached hydrogens (tertiary/aromatic N) is 2. The lowest BCUT2D eigenvalue weighted by Gasteiger charge is -2.21. The van der Waals surface area contributed by atoms with Crippen LogP contribution in [-0.4, -0.2) is 36.7 Å². The van der Waals surface area contributed by atoms with Gasteiger partial charge in [-0.15, -0.1) is 0 Å². The largest absolute Gasteiger partial charge is 0.379 e. The molecular formula is C19H30N2O4. The zero-order chi connectivity index (χ0) is 18.3. The van der Waals surface area contributed by atoms with Crippen molar-refractivity contribution in [2.24, 2.45) is 0 Å². The van der Waals surface area contributed by atoms with Crippen molar-refractivity contribution >= 4 is 0 Å². The molecule has 0 fully saturated rings. The monoisotopic (exact) mass is 350 g/mol. The molecule has 0 bridgehead atoms. The Bertz CT molecular complexity index is 617. The van der Waals surface area contributed by atoms with Crippen molar-refractivity contribution in [1.82, 2.24) is 10.3 Å². The van der Waals surface area contributed by atoms with Crippen LogP contribution in [0.4, 0.5) is 0 Å². The van der Waals surface area contributed by atoms with Crippen molar-refractivity contribution < 1.29 is 18.5 Å². The molecule has 0 aromatic carbocycles. The van der Waals surface area contributed by atoms with Gasteiger partial charge in [-0.25, -0.2) is 0 Å². The van der Waals surface area contributed by atoms with Crippen LogP contribution in [0.3, 0.4) is 0 Å². The Hall–Kier alpha value is -1.66. The van der Waals surface area contributed by atoms with Gasteiger partial charge in [-0.3, -0.25) is 0 Å². The molecule has 0 N–H and O–H groups in total. The Morgan fingerprint density at radius 2 is 1.48 bits per heavy atom. The summed E-state index contributed by atoms with van der Waals surface area (Å²) in [6, 6.07) is 3.89. The van der Waals surface area contributed by atoms with Gasteiger partial charge in [0.05, 0.1) is 25.1 Å². The fraction of sp³-hybridized carbons (Fsp3) is 0.684. The highest BCUT2D eigenvalue weighted by molar-refractivity contribution is 5.13. The van der Waals surface area contributed by atoms with E-state index in [1.165, 1.54) is 0 Å². The van der Waals surface area contributed by atoms with Crippen LogP contribution in [0, 0.1) is 6.92 Å². The Morgan fingerprint density at radius 1 is 0.880 bits per heavy atom. The SMILES string of the molecule is Cc1cc(C(C)(C)CCOCCOCCC(C)(C)c2ccno2)on1. The summed E-state index contributed by atoms with van der Waals surface area (Å²) in [4.78, 5) is 0. The van der Waals surface area contributed by atoms with Gasteiger partial charge in [-0.1, -0.05) is 38.0 Å². The molecule has 0 unspecified atom stereocenters. The summed E-state index contributed by atoms with van der Waals surface area (Å²) in [6.45, 7) is 13.0. The molecule has 0 aliphatic carbocycles. The van der Waals surface area contributed by atoms with Crippen molar-refractivity contribution in [3.05, 3.63) is 35.5 Å². The topological polar surface area (TPSA) is 70.5 Å². The highest BCUT2D eigenvalue weighted by Gasteiger charge is 2.25. The van der Waals surface area contributed by atoms with Gasteiger partial charge >= 0.3 is 0 Å². The van der Waals surface area contributed by atoms with Crippen LogP contribution in [0.5, 0.6) is 0 Å². The molecule has 0 saturated heterocycles. The van der Waals surface area contributed by atoms with E-state index < -0.39 is 0 Å². The second-order valence-corrected chi connectivity index (χ2v) is 7.70. The van der Waals surface area contributed by atoms with Gasteiger partial charge in [0, 0.05) is 36.2 Å². The average molecular weight is 350 g/mol. The van der Waals surface area contributed by atoms with E-state index in [1.807, 2.05) is 19.1 Å². The Kier molecular flexibility index (Phi) is 6.79. The summed E-state index contributed by atoms with van der Waals surface area (Å²) in [7, 11) is 0. The minimum absolute atomic E-state index is 0.0728. The standard InChI is InChI=1S/C19H30N2O4/c1-15-14-17(25-21-15)19(4,5)8-11-23-13-12-22-10-7-18(2,3)16-6-9-20-24-16/h6,9,14H,7-8,10-13H2,1-5H3. The van der Waals surface area contributed by atoms with Crippen molar-refractivity contribution in [1.29, 1.82) is 0 Å². The van der Waals surface area contributed by atoms with Gasteiger partial charge < -0.3 is 18.5 Å². The van der Waals surface area contributed by atoms with E-state index in [2.05, 4.69) is 38.0 Å². The third kappa shape index (κ3) is 5.97. The fourth-order valence-electron chi connectivity index (χ4n) is 2.47. The molecule has 2 heterocycles. The van der Waals surface area contributed by atoms with Crippen molar-refractivity contribution in [2.75, 3.05) is 26.4 Å². The number of rotatable bonds is 11. The maximum atomic E-state index is 5.69. The van der Waals surface area contributed by atoms with Crippen LogP contribution in [0.1, 0.15) is 57.8 Å². The molecule has 0 radical (unpaired) electrons. The van der Waals surface area contributed by atoms with Crippen molar-refractivity contribution in [3.8, 4) is 0 Å². The second kappa shape index (κ2) is 8.63. The van der Waals surface area contributed by atoms with Crippen LogP contribution >= 0.6 is 0 Å². The van der Waals surface area contributed by atoms with Gasteiger partial charge in [0.2, 0.25) is 0 Å². The van der Waals surface area contributed by atoms with Crippen LogP contribution in [0.15, 0.2) is 27.4 Å². The lowest BCUT2D eigenvalue weighted by molar-refractivity contribution is 0.0349. The summed E-state index contributed by atoms with van der Waals surface area (Å²) in [5.41, 5.74) is 0.755. The van der Waals surface area contributed by atoms with Gasteiger partial charge in [0.25, 0.3) is 0 Å². The molecule has 140 valence electrons. The molecule has 0 atom stereocenters. The minimum Gasteiger partial charge on any atom is -0.379 e. The van der Waals surface area contributed by atoms with Crippen molar-refractivity contribution in [2.45, 2.75) is 58.3 Å². The maximum Gasteiger partial charge on any atom is 0.142 e. The van der Waals surface area contributed by atoms with E-state index in [-0.39, 0.29) is 10.8 Å². The molecule has 0 aliphatic rings. The molecule has 0 amide bonds. The number of aryl methyl sites for hydroxylation is 1. The molecule has 0 saturated carbocycles. The van der Waals surface area contributed by atoms with E-state index in [4.69, 9.17) is 18.5 Å². The van der Waals surface area contributed by atoms with Crippen LogP contribution < -0.4 is 0 Å². The van der Waals surface area contributed by atoms with E-state index in [0.717, 1.165) is 30.1 Å².